The van der Waals surface area contributed by atoms with Crippen LogP contribution in [0.4, 0.5) is 0 Å². The number of allylic oxidation sites excluding steroid dienone is 3. The molecule has 0 fully saturated rings. The lowest BCUT2D eigenvalue weighted by Gasteiger charge is -2.20. The number of unbranched alkanes of at least 4 members (excludes halogenated alkanes) is 26. The normalized spacial score (nSPS) is 13.3. The number of carbonyl (C=O) groups is 1. The zero-order chi connectivity index (χ0) is 32.2. The summed E-state index contributed by atoms with van der Waals surface area (Å²) >= 11 is 0. The molecular formula is C40H77NO3. The van der Waals surface area contributed by atoms with E-state index in [1.54, 1.807) is 6.08 Å². The van der Waals surface area contributed by atoms with Gasteiger partial charge in [0.2, 0.25) is 5.91 Å². The highest BCUT2D eigenvalue weighted by Crippen LogP contribution is 2.14. The van der Waals surface area contributed by atoms with Crippen molar-refractivity contribution in [3.8, 4) is 0 Å². The summed E-state index contributed by atoms with van der Waals surface area (Å²) in [6.45, 7) is 4.30. The van der Waals surface area contributed by atoms with E-state index in [9.17, 15) is 15.0 Å². The Kier molecular flexibility index (Phi) is 35.4. The van der Waals surface area contributed by atoms with Crippen LogP contribution in [0.1, 0.15) is 206 Å². The Morgan fingerprint density at radius 1 is 0.523 bits per heavy atom. The van der Waals surface area contributed by atoms with E-state index in [-0.39, 0.29) is 12.5 Å². The maximum atomic E-state index is 12.3. The Labute approximate surface area is 275 Å². The standard InChI is InChI=1S/C40H77NO3/c1-3-5-7-9-11-13-15-17-19-21-23-25-27-29-31-33-35-39(43)38(37-42)41-40(44)36-34-32-30-28-26-24-22-20-18-16-14-12-10-8-6-4-2/h20,22,33,35,38-39,42-43H,3-19,21,23-32,34,36-37H2,1-2H3,(H,41,44)/b22-20-,35-33+. The molecule has 0 aromatic rings. The Bertz CT molecular complexity index is 632. The third-order valence-corrected chi connectivity index (χ3v) is 8.93. The van der Waals surface area contributed by atoms with Gasteiger partial charge >= 0.3 is 0 Å². The largest absolute Gasteiger partial charge is 0.394 e. The fourth-order valence-corrected chi connectivity index (χ4v) is 5.88. The van der Waals surface area contributed by atoms with Crippen molar-refractivity contribution in [3.05, 3.63) is 24.3 Å². The first-order valence-electron chi connectivity index (χ1n) is 19.6. The molecule has 0 aliphatic heterocycles. The highest BCUT2D eigenvalue weighted by atomic mass is 16.3. The summed E-state index contributed by atoms with van der Waals surface area (Å²) in [4.78, 5) is 12.3. The number of aliphatic hydroxyl groups is 2. The number of hydrogen-bond acceptors (Lipinski definition) is 3. The second-order valence-electron chi connectivity index (χ2n) is 13.3. The van der Waals surface area contributed by atoms with Gasteiger partial charge in [-0.2, -0.15) is 0 Å². The van der Waals surface area contributed by atoms with Gasteiger partial charge in [0, 0.05) is 6.42 Å². The van der Waals surface area contributed by atoms with Gasteiger partial charge in [-0.3, -0.25) is 4.79 Å². The smallest absolute Gasteiger partial charge is 0.220 e. The number of nitrogens with one attached hydrogen (secondary N) is 1. The second-order valence-corrected chi connectivity index (χ2v) is 13.3. The van der Waals surface area contributed by atoms with Gasteiger partial charge in [0.25, 0.3) is 0 Å². The molecule has 0 rings (SSSR count). The molecule has 0 aromatic carbocycles. The summed E-state index contributed by atoms with van der Waals surface area (Å²) in [6.07, 6.45) is 45.5. The van der Waals surface area contributed by atoms with E-state index in [0.717, 1.165) is 32.1 Å². The van der Waals surface area contributed by atoms with Crippen molar-refractivity contribution in [1.29, 1.82) is 0 Å². The molecule has 4 heteroatoms. The quantitative estimate of drug-likeness (QED) is 0.0488. The van der Waals surface area contributed by atoms with Crippen LogP contribution in [0.3, 0.4) is 0 Å². The number of carbonyl (C=O) groups excluding carboxylic acids is 1. The van der Waals surface area contributed by atoms with Crippen LogP contribution in [-0.4, -0.2) is 34.9 Å². The molecule has 1 amide bonds. The third kappa shape index (κ3) is 32.3. The SMILES string of the molecule is CCCCCCCCC/C=C\CCCCCCCC(=O)NC(CO)C(O)/C=C/CCCCCCCCCCCCCCCC. The van der Waals surface area contributed by atoms with Crippen LogP contribution in [0.15, 0.2) is 24.3 Å². The molecule has 0 aliphatic carbocycles. The fourth-order valence-electron chi connectivity index (χ4n) is 5.88. The number of rotatable bonds is 35. The minimum absolute atomic E-state index is 0.0724. The van der Waals surface area contributed by atoms with Crippen molar-refractivity contribution in [2.45, 2.75) is 219 Å². The van der Waals surface area contributed by atoms with Crippen LogP contribution in [0.5, 0.6) is 0 Å². The van der Waals surface area contributed by atoms with Crippen LogP contribution in [0, 0.1) is 0 Å². The van der Waals surface area contributed by atoms with Crippen LogP contribution in [0.2, 0.25) is 0 Å². The molecule has 0 aromatic heterocycles. The molecule has 0 saturated carbocycles. The lowest BCUT2D eigenvalue weighted by atomic mass is 10.0. The average Bonchev–Trinajstić information content (AvgIpc) is 3.03. The molecule has 2 unspecified atom stereocenters. The molecule has 0 saturated heterocycles. The summed E-state index contributed by atoms with van der Waals surface area (Å²) in [5.41, 5.74) is 0. The fraction of sp³-hybridized carbons (Fsp3) is 0.875. The molecular weight excluding hydrogens is 542 g/mol. The molecule has 3 N–H and O–H groups in total. The second kappa shape index (κ2) is 36.3. The molecule has 0 radical (unpaired) electrons. The monoisotopic (exact) mass is 620 g/mol. The van der Waals surface area contributed by atoms with E-state index in [4.69, 9.17) is 0 Å². The van der Waals surface area contributed by atoms with Gasteiger partial charge in [-0.25, -0.2) is 0 Å². The first kappa shape index (κ1) is 42.9. The zero-order valence-corrected chi connectivity index (χ0v) is 29.7. The van der Waals surface area contributed by atoms with Crippen molar-refractivity contribution < 1.29 is 15.0 Å². The van der Waals surface area contributed by atoms with Crippen LogP contribution >= 0.6 is 0 Å². The van der Waals surface area contributed by atoms with Crippen molar-refractivity contribution >= 4 is 5.91 Å². The van der Waals surface area contributed by atoms with Gasteiger partial charge in [0.05, 0.1) is 18.8 Å². The molecule has 0 heterocycles. The predicted molar refractivity (Wildman–Crippen MR) is 193 cm³/mol. The average molecular weight is 620 g/mol. The summed E-state index contributed by atoms with van der Waals surface area (Å²) in [5, 5.41) is 22.9. The topological polar surface area (TPSA) is 69.6 Å². The number of hydrogen-bond donors (Lipinski definition) is 3. The summed E-state index contributed by atoms with van der Waals surface area (Å²) in [7, 11) is 0. The third-order valence-electron chi connectivity index (χ3n) is 8.93. The number of amides is 1. The molecule has 0 aliphatic rings. The Hall–Kier alpha value is -1.13. The maximum absolute atomic E-state index is 12.3. The van der Waals surface area contributed by atoms with Gasteiger partial charge in [0.1, 0.15) is 0 Å². The summed E-state index contributed by atoms with van der Waals surface area (Å²) in [5.74, 6) is -0.0724. The van der Waals surface area contributed by atoms with Crippen molar-refractivity contribution in [1.82, 2.24) is 5.32 Å². The molecule has 260 valence electrons. The minimum atomic E-state index is -0.838. The summed E-state index contributed by atoms with van der Waals surface area (Å²) < 4.78 is 0. The van der Waals surface area contributed by atoms with Crippen molar-refractivity contribution in [2.75, 3.05) is 6.61 Å². The Morgan fingerprint density at radius 2 is 0.864 bits per heavy atom. The lowest BCUT2D eigenvalue weighted by molar-refractivity contribution is -0.123. The highest BCUT2D eigenvalue weighted by Gasteiger charge is 2.17. The van der Waals surface area contributed by atoms with Gasteiger partial charge in [-0.15, -0.1) is 0 Å². The van der Waals surface area contributed by atoms with Gasteiger partial charge < -0.3 is 15.5 Å². The maximum Gasteiger partial charge on any atom is 0.220 e. The van der Waals surface area contributed by atoms with Crippen molar-refractivity contribution in [3.63, 3.8) is 0 Å². The Balaban J connectivity index is 3.61. The van der Waals surface area contributed by atoms with Gasteiger partial charge in [-0.1, -0.05) is 179 Å². The van der Waals surface area contributed by atoms with E-state index >= 15 is 0 Å². The number of aliphatic hydroxyl groups excluding tert-OH is 2. The first-order valence-corrected chi connectivity index (χ1v) is 19.6. The minimum Gasteiger partial charge on any atom is -0.394 e. The van der Waals surface area contributed by atoms with Crippen LogP contribution in [-0.2, 0) is 4.79 Å². The predicted octanol–water partition coefficient (Wildman–Crippen LogP) is 11.7. The van der Waals surface area contributed by atoms with E-state index in [1.807, 2.05) is 6.08 Å². The lowest BCUT2D eigenvalue weighted by Crippen LogP contribution is -2.45. The molecule has 2 atom stereocenters. The van der Waals surface area contributed by atoms with Gasteiger partial charge in [-0.05, 0) is 44.9 Å². The van der Waals surface area contributed by atoms with Crippen molar-refractivity contribution in [2.24, 2.45) is 0 Å². The van der Waals surface area contributed by atoms with E-state index in [1.165, 1.54) is 154 Å². The first-order chi connectivity index (χ1) is 21.7. The van der Waals surface area contributed by atoms with Gasteiger partial charge in [0.15, 0.2) is 0 Å². The van der Waals surface area contributed by atoms with Crippen LogP contribution in [0.25, 0.3) is 0 Å². The van der Waals surface area contributed by atoms with Crippen LogP contribution < -0.4 is 5.32 Å². The van der Waals surface area contributed by atoms with E-state index in [2.05, 4.69) is 31.3 Å². The molecule has 4 nitrogen and oxygen atoms in total. The highest BCUT2D eigenvalue weighted by molar-refractivity contribution is 5.76. The molecule has 44 heavy (non-hydrogen) atoms. The van der Waals surface area contributed by atoms with E-state index < -0.39 is 12.1 Å². The zero-order valence-electron chi connectivity index (χ0n) is 29.7. The Morgan fingerprint density at radius 3 is 1.25 bits per heavy atom. The van der Waals surface area contributed by atoms with E-state index in [0.29, 0.717) is 6.42 Å². The molecule has 0 bridgehead atoms. The molecule has 0 spiro atoms. The summed E-state index contributed by atoms with van der Waals surface area (Å²) in [6, 6.07) is -0.622.